The molecule has 1 aliphatic heterocycles. The number of rotatable bonds is 6. The first-order valence-corrected chi connectivity index (χ1v) is 11.9. The van der Waals surface area contributed by atoms with Crippen LogP contribution < -0.4 is 10.6 Å². The van der Waals surface area contributed by atoms with Gasteiger partial charge in [-0.1, -0.05) is 47.5 Å². The molecular weight excluding hydrogens is 491 g/mol. The minimum Gasteiger partial charge on any atom is -0.378 e. The Morgan fingerprint density at radius 2 is 1.31 bits per heavy atom. The highest BCUT2D eigenvalue weighted by molar-refractivity contribution is 6.30. The number of nitro benzene ring substituents is 1. The Kier molecular flexibility index (Phi) is 6.51. The molecular formula is C25H22Cl2N4O4. The molecule has 0 saturated carbocycles. The normalized spacial score (nSPS) is 13.9. The smallest absolute Gasteiger partial charge is 0.329 e. The number of hydrogen-bond acceptors (Lipinski definition) is 5. The first-order valence-electron chi connectivity index (χ1n) is 11.1. The van der Waals surface area contributed by atoms with Crippen LogP contribution >= 0.6 is 23.2 Å². The van der Waals surface area contributed by atoms with Gasteiger partial charge in [-0.05, 0) is 41.5 Å². The lowest BCUT2D eigenvalue weighted by Crippen LogP contribution is -2.36. The number of morpholine rings is 1. The number of benzene rings is 3. The van der Waals surface area contributed by atoms with Gasteiger partial charge >= 0.3 is 5.69 Å². The molecule has 10 heteroatoms. The maximum atomic E-state index is 13.7. The lowest BCUT2D eigenvalue weighted by Gasteiger charge is -2.28. The van der Waals surface area contributed by atoms with E-state index in [0.29, 0.717) is 59.6 Å². The van der Waals surface area contributed by atoms with Crippen molar-refractivity contribution in [1.82, 2.24) is 9.13 Å². The van der Waals surface area contributed by atoms with Gasteiger partial charge in [-0.2, -0.15) is 0 Å². The summed E-state index contributed by atoms with van der Waals surface area (Å²) < 4.78 is 8.66. The van der Waals surface area contributed by atoms with Gasteiger partial charge in [0, 0.05) is 29.2 Å². The molecule has 4 aromatic rings. The van der Waals surface area contributed by atoms with Crippen LogP contribution in [0, 0.1) is 10.1 Å². The van der Waals surface area contributed by atoms with E-state index in [1.54, 1.807) is 39.5 Å². The van der Waals surface area contributed by atoms with E-state index in [4.69, 9.17) is 27.9 Å². The third kappa shape index (κ3) is 4.77. The van der Waals surface area contributed by atoms with Crippen LogP contribution in [0.2, 0.25) is 10.0 Å². The Morgan fingerprint density at radius 3 is 1.80 bits per heavy atom. The monoisotopic (exact) mass is 512 g/mol. The fourth-order valence-electron chi connectivity index (χ4n) is 4.39. The largest absolute Gasteiger partial charge is 0.378 e. The van der Waals surface area contributed by atoms with Gasteiger partial charge in [0.15, 0.2) is 0 Å². The second-order valence-corrected chi connectivity index (χ2v) is 9.27. The van der Waals surface area contributed by atoms with Crippen molar-refractivity contribution in [3.63, 3.8) is 0 Å². The lowest BCUT2D eigenvalue weighted by molar-refractivity contribution is -0.384. The van der Waals surface area contributed by atoms with Gasteiger partial charge in [0.2, 0.25) is 0 Å². The molecule has 35 heavy (non-hydrogen) atoms. The van der Waals surface area contributed by atoms with Crippen molar-refractivity contribution in [3.05, 3.63) is 102 Å². The molecule has 1 saturated heterocycles. The maximum Gasteiger partial charge on any atom is 0.329 e. The van der Waals surface area contributed by atoms with E-state index in [0.717, 1.165) is 11.1 Å². The number of nitro groups is 1. The Hall–Kier alpha value is -3.33. The summed E-state index contributed by atoms with van der Waals surface area (Å²) >= 11 is 12.1. The molecule has 0 radical (unpaired) electrons. The summed E-state index contributed by atoms with van der Waals surface area (Å²) in [4.78, 5) is 27.3. The third-order valence-corrected chi connectivity index (χ3v) is 6.68. The number of aromatic nitrogens is 2. The second kappa shape index (κ2) is 9.73. The van der Waals surface area contributed by atoms with Crippen LogP contribution in [0.1, 0.15) is 11.1 Å². The van der Waals surface area contributed by atoms with Gasteiger partial charge in [-0.25, -0.2) is 4.79 Å². The fourth-order valence-corrected chi connectivity index (χ4v) is 4.65. The van der Waals surface area contributed by atoms with Crippen molar-refractivity contribution in [2.24, 2.45) is 0 Å². The molecule has 0 unspecified atom stereocenters. The molecule has 2 heterocycles. The van der Waals surface area contributed by atoms with Crippen LogP contribution in [0.15, 0.2) is 65.5 Å². The van der Waals surface area contributed by atoms with Crippen LogP contribution in [0.5, 0.6) is 0 Å². The average molecular weight is 513 g/mol. The highest BCUT2D eigenvalue weighted by atomic mass is 35.5. The molecule has 1 fully saturated rings. The minimum atomic E-state index is -0.391. The molecule has 0 amide bonds. The van der Waals surface area contributed by atoms with E-state index < -0.39 is 4.92 Å². The van der Waals surface area contributed by atoms with Gasteiger partial charge in [0.1, 0.15) is 5.69 Å². The predicted molar refractivity (Wildman–Crippen MR) is 137 cm³/mol. The molecule has 180 valence electrons. The van der Waals surface area contributed by atoms with E-state index in [9.17, 15) is 14.9 Å². The van der Waals surface area contributed by atoms with Crippen LogP contribution in [-0.2, 0) is 17.8 Å². The third-order valence-electron chi connectivity index (χ3n) is 6.17. The number of anilines is 1. The Bertz CT molecular complexity index is 1440. The highest BCUT2D eigenvalue weighted by Gasteiger charge is 2.26. The van der Waals surface area contributed by atoms with E-state index in [1.165, 1.54) is 6.07 Å². The number of halogens is 2. The average Bonchev–Trinajstić information content (AvgIpc) is 3.11. The molecule has 8 nitrogen and oxygen atoms in total. The molecule has 5 rings (SSSR count). The predicted octanol–water partition coefficient (Wildman–Crippen LogP) is 4.95. The van der Waals surface area contributed by atoms with E-state index in [-0.39, 0.29) is 17.9 Å². The van der Waals surface area contributed by atoms with E-state index >= 15 is 0 Å². The standard InChI is InChI=1S/C25H22Cl2N4O4/c26-19-5-1-17(2-6-19)15-29-22-13-21(28-9-11-35-12-10-28)24(31(33)34)14-23(22)30(25(29)32)16-18-3-7-20(27)8-4-18/h1-8,13-14H,9-12,15-16H2. The van der Waals surface area contributed by atoms with Gasteiger partial charge in [-0.3, -0.25) is 19.2 Å². The van der Waals surface area contributed by atoms with Crippen molar-refractivity contribution in [2.75, 3.05) is 31.2 Å². The molecule has 0 aliphatic carbocycles. The van der Waals surface area contributed by atoms with Gasteiger partial charge in [0.25, 0.3) is 5.69 Å². The van der Waals surface area contributed by atoms with Crippen molar-refractivity contribution in [2.45, 2.75) is 13.1 Å². The summed E-state index contributed by atoms with van der Waals surface area (Å²) in [6.07, 6.45) is 0. The van der Waals surface area contributed by atoms with Crippen molar-refractivity contribution in [1.29, 1.82) is 0 Å². The summed E-state index contributed by atoms with van der Waals surface area (Å²) in [6, 6.07) is 17.8. The summed E-state index contributed by atoms with van der Waals surface area (Å²) in [5.74, 6) is 0. The Labute approximate surface area is 211 Å². The van der Waals surface area contributed by atoms with E-state index in [2.05, 4.69) is 0 Å². The zero-order valence-corrected chi connectivity index (χ0v) is 20.2. The quantitative estimate of drug-likeness (QED) is 0.269. The summed E-state index contributed by atoms with van der Waals surface area (Å²) in [6.45, 7) is 2.63. The molecule has 0 spiro atoms. The lowest BCUT2D eigenvalue weighted by atomic mass is 10.1. The van der Waals surface area contributed by atoms with Gasteiger partial charge in [-0.15, -0.1) is 0 Å². The zero-order chi connectivity index (χ0) is 24.5. The van der Waals surface area contributed by atoms with Crippen LogP contribution in [0.4, 0.5) is 11.4 Å². The highest BCUT2D eigenvalue weighted by Crippen LogP contribution is 2.34. The van der Waals surface area contributed by atoms with Crippen molar-refractivity contribution < 1.29 is 9.66 Å². The molecule has 3 aromatic carbocycles. The van der Waals surface area contributed by atoms with Crippen molar-refractivity contribution in [3.8, 4) is 0 Å². The van der Waals surface area contributed by atoms with Gasteiger partial charge in [0.05, 0.1) is 42.3 Å². The second-order valence-electron chi connectivity index (χ2n) is 8.39. The fraction of sp³-hybridized carbons (Fsp3) is 0.240. The minimum absolute atomic E-state index is 0.0344. The molecule has 1 aromatic heterocycles. The molecule has 0 atom stereocenters. The Balaban J connectivity index is 1.70. The number of nitrogens with zero attached hydrogens (tertiary/aromatic N) is 4. The van der Waals surface area contributed by atoms with Crippen LogP contribution in [0.25, 0.3) is 11.0 Å². The number of fused-ring (bicyclic) bond motifs is 1. The summed E-state index contributed by atoms with van der Waals surface area (Å²) in [7, 11) is 0. The summed E-state index contributed by atoms with van der Waals surface area (Å²) in [5, 5.41) is 13.3. The van der Waals surface area contributed by atoms with Gasteiger partial charge < -0.3 is 9.64 Å². The molecule has 0 bridgehead atoms. The topological polar surface area (TPSA) is 82.5 Å². The first kappa shape index (κ1) is 23.4. The maximum absolute atomic E-state index is 13.7. The first-order chi connectivity index (χ1) is 16.9. The molecule has 0 N–H and O–H groups in total. The van der Waals surface area contributed by atoms with E-state index in [1.807, 2.05) is 29.2 Å². The molecule has 1 aliphatic rings. The number of imidazole rings is 1. The zero-order valence-electron chi connectivity index (χ0n) is 18.7. The number of ether oxygens (including phenoxy) is 1. The van der Waals surface area contributed by atoms with Crippen molar-refractivity contribution >= 4 is 45.6 Å². The number of hydrogen-bond donors (Lipinski definition) is 0. The summed E-state index contributed by atoms with van der Waals surface area (Å²) in [5.41, 5.74) is 3.09. The van der Waals surface area contributed by atoms with Crippen LogP contribution in [0.3, 0.4) is 0 Å². The Morgan fingerprint density at radius 1 is 0.829 bits per heavy atom. The van der Waals surface area contributed by atoms with Crippen LogP contribution in [-0.4, -0.2) is 40.4 Å². The SMILES string of the molecule is O=c1n(Cc2ccc(Cl)cc2)c2cc(N3CCOCC3)c([N+](=O)[O-])cc2n1Cc1ccc(Cl)cc1.